The third-order valence-corrected chi connectivity index (χ3v) is 6.41. The van der Waals surface area contributed by atoms with Crippen LogP contribution in [-0.2, 0) is 14.1 Å². The van der Waals surface area contributed by atoms with Crippen LogP contribution in [0.25, 0.3) is 21.8 Å². The fraction of sp³-hybridized carbons (Fsp3) is 0.214. The van der Waals surface area contributed by atoms with E-state index in [0.29, 0.717) is 5.92 Å². The van der Waals surface area contributed by atoms with E-state index in [1.54, 1.807) is 0 Å². The minimum absolute atomic E-state index is 0.184. The van der Waals surface area contributed by atoms with Crippen molar-refractivity contribution in [2.24, 2.45) is 14.1 Å². The van der Waals surface area contributed by atoms with Crippen LogP contribution in [0.1, 0.15) is 47.9 Å². The second-order valence-electron chi connectivity index (χ2n) is 8.68. The van der Waals surface area contributed by atoms with Gasteiger partial charge in [-0.1, -0.05) is 74.5 Å². The molecule has 0 radical (unpaired) electrons. The highest BCUT2D eigenvalue weighted by molar-refractivity contribution is 5.89. The molecule has 0 saturated carbocycles. The van der Waals surface area contributed by atoms with Gasteiger partial charge in [-0.15, -0.1) is 0 Å². The van der Waals surface area contributed by atoms with Crippen molar-refractivity contribution in [3.05, 3.63) is 107 Å². The van der Waals surface area contributed by atoms with E-state index in [9.17, 15) is 0 Å². The molecule has 2 nitrogen and oxygen atoms in total. The molecule has 2 heteroatoms. The highest BCUT2D eigenvalue weighted by Gasteiger charge is 2.24. The summed E-state index contributed by atoms with van der Waals surface area (Å²) >= 11 is 0. The van der Waals surface area contributed by atoms with Gasteiger partial charge in [0.05, 0.1) is 0 Å². The number of aryl methyl sites for hydroxylation is 2. The number of hydrogen-bond acceptors (Lipinski definition) is 0. The number of rotatable bonds is 4. The highest BCUT2D eigenvalue weighted by atomic mass is 14.9. The van der Waals surface area contributed by atoms with E-state index >= 15 is 0 Å². The summed E-state index contributed by atoms with van der Waals surface area (Å²) in [6.45, 7) is 4.50. The zero-order chi connectivity index (χ0) is 20.8. The maximum Gasteiger partial charge on any atom is 0.0480 e. The number of hydrogen-bond donors (Lipinski definition) is 0. The summed E-state index contributed by atoms with van der Waals surface area (Å²) < 4.78 is 4.51. The molecule has 5 aromatic rings. The zero-order valence-corrected chi connectivity index (χ0v) is 18.1. The Kier molecular flexibility index (Phi) is 4.51. The lowest BCUT2D eigenvalue weighted by atomic mass is 9.84. The molecule has 0 saturated heterocycles. The van der Waals surface area contributed by atoms with Crippen molar-refractivity contribution in [2.45, 2.75) is 25.7 Å². The minimum Gasteiger partial charge on any atom is -0.350 e. The Morgan fingerprint density at radius 3 is 1.47 bits per heavy atom. The third-order valence-electron chi connectivity index (χ3n) is 6.41. The molecule has 0 N–H and O–H groups in total. The first-order valence-corrected chi connectivity index (χ1v) is 10.7. The number of fused-ring (bicyclic) bond motifs is 2. The van der Waals surface area contributed by atoms with Gasteiger partial charge >= 0.3 is 0 Å². The molecule has 0 amide bonds. The molecule has 30 heavy (non-hydrogen) atoms. The average Bonchev–Trinajstić information content (AvgIpc) is 3.27. The average molecular weight is 393 g/mol. The molecule has 0 aliphatic rings. The van der Waals surface area contributed by atoms with E-state index in [4.69, 9.17) is 0 Å². The van der Waals surface area contributed by atoms with Crippen molar-refractivity contribution in [1.82, 2.24) is 9.13 Å². The molecule has 0 fully saturated rings. The van der Waals surface area contributed by atoms with E-state index in [1.165, 1.54) is 44.1 Å². The first-order chi connectivity index (χ1) is 14.5. The van der Waals surface area contributed by atoms with E-state index in [1.807, 2.05) is 0 Å². The van der Waals surface area contributed by atoms with Crippen LogP contribution in [0.5, 0.6) is 0 Å². The summed E-state index contributed by atoms with van der Waals surface area (Å²) in [5.74, 6) is 0.719. The van der Waals surface area contributed by atoms with Crippen LogP contribution in [0.15, 0.2) is 85.2 Å². The molecule has 2 aromatic heterocycles. The lowest BCUT2D eigenvalue weighted by Crippen LogP contribution is -2.03. The molecule has 150 valence electrons. The Morgan fingerprint density at radius 2 is 1.00 bits per heavy atom. The minimum atomic E-state index is 0.184. The predicted molar refractivity (Wildman–Crippen MR) is 127 cm³/mol. The number of para-hydroxylation sites is 2. The fourth-order valence-corrected chi connectivity index (χ4v) is 4.81. The number of benzene rings is 3. The SMILES string of the molecule is CC(C)c1ccc(C(c2cn(C)c3ccccc23)c2cn(C)c3ccccc23)cc1. The van der Waals surface area contributed by atoms with E-state index in [0.717, 1.165) is 0 Å². The summed E-state index contributed by atoms with van der Waals surface area (Å²) in [4.78, 5) is 0. The van der Waals surface area contributed by atoms with Crippen molar-refractivity contribution in [2.75, 3.05) is 0 Å². The normalized spacial score (nSPS) is 11.9. The van der Waals surface area contributed by atoms with Gasteiger partial charge in [-0.2, -0.15) is 0 Å². The molecular weight excluding hydrogens is 364 g/mol. The molecule has 0 spiro atoms. The molecular formula is C28H28N2. The Labute approximate surface area is 178 Å². The van der Waals surface area contributed by atoms with Crippen LogP contribution in [0.4, 0.5) is 0 Å². The molecule has 0 bridgehead atoms. The Balaban J connectivity index is 1.79. The lowest BCUT2D eigenvalue weighted by Gasteiger charge is -2.18. The fourth-order valence-electron chi connectivity index (χ4n) is 4.81. The van der Waals surface area contributed by atoms with Gasteiger partial charge < -0.3 is 9.13 Å². The second-order valence-corrected chi connectivity index (χ2v) is 8.68. The van der Waals surface area contributed by atoms with Crippen LogP contribution in [0.2, 0.25) is 0 Å². The number of nitrogens with zero attached hydrogens (tertiary/aromatic N) is 2. The van der Waals surface area contributed by atoms with Crippen molar-refractivity contribution in [3.8, 4) is 0 Å². The first kappa shape index (κ1) is 18.7. The quantitative estimate of drug-likeness (QED) is 0.312. The number of aromatic nitrogens is 2. The summed E-state index contributed by atoms with van der Waals surface area (Å²) in [6, 6.07) is 26.7. The van der Waals surface area contributed by atoms with Crippen LogP contribution in [0.3, 0.4) is 0 Å². The van der Waals surface area contributed by atoms with Crippen molar-refractivity contribution in [3.63, 3.8) is 0 Å². The van der Waals surface area contributed by atoms with E-state index in [2.05, 4.69) is 122 Å². The Hall–Kier alpha value is -3.26. The molecule has 0 atom stereocenters. The summed E-state index contributed by atoms with van der Waals surface area (Å²) in [5.41, 5.74) is 8.00. The van der Waals surface area contributed by atoms with Gasteiger partial charge in [-0.3, -0.25) is 0 Å². The van der Waals surface area contributed by atoms with Crippen molar-refractivity contribution < 1.29 is 0 Å². The summed E-state index contributed by atoms with van der Waals surface area (Å²) in [5, 5.41) is 2.65. The summed E-state index contributed by atoms with van der Waals surface area (Å²) in [6.07, 6.45) is 4.63. The smallest absolute Gasteiger partial charge is 0.0480 e. The van der Waals surface area contributed by atoms with Gasteiger partial charge in [0, 0.05) is 54.2 Å². The van der Waals surface area contributed by atoms with Crippen LogP contribution in [0, 0.1) is 0 Å². The van der Waals surface area contributed by atoms with Gasteiger partial charge in [0.15, 0.2) is 0 Å². The van der Waals surface area contributed by atoms with Gasteiger partial charge in [-0.25, -0.2) is 0 Å². The maximum atomic E-state index is 2.32. The zero-order valence-electron chi connectivity index (χ0n) is 18.1. The molecule has 5 rings (SSSR count). The predicted octanol–water partition coefficient (Wildman–Crippen LogP) is 6.97. The lowest BCUT2D eigenvalue weighted by molar-refractivity contribution is 0.861. The van der Waals surface area contributed by atoms with Crippen molar-refractivity contribution in [1.29, 1.82) is 0 Å². The maximum absolute atomic E-state index is 2.32. The van der Waals surface area contributed by atoms with Gasteiger partial charge in [0.2, 0.25) is 0 Å². The van der Waals surface area contributed by atoms with Gasteiger partial charge in [0.25, 0.3) is 0 Å². The summed E-state index contributed by atoms with van der Waals surface area (Å²) in [7, 11) is 4.29. The van der Waals surface area contributed by atoms with Crippen LogP contribution < -0.4 is 0 Å². The van der Waals surface area contributed by atoms with Crippen molar-refractivity contribution >= 4 is 21.8 Å². The molecule has 0 aliphatic heterocycles. The molecule has 3 aromatic carbocycles. The van der Waals surface area contributed by atoms with Crippen LogP contribution >= 0.6 is 0 Å². The first-order valence-electron chi connectivity index (χ1n) is 10.7. The standard InChI is InChI=1S/C28H28N2/c1-19(2)20-13-15-21(16-14-20)28(24-17-29(3)26-11-7-5-9-22(24)26)25-18-30(4)27-12-8-6-10-23(25)27/h5-19,28H,1-4H3. The van der Waals surface area contributed by atoms with Gasteiger partial charge in [0.1, 0.15) is 0 Å². The Morgan fingerprint density at radius 1 is 0.567 bits per heavy atom. The monoisotopic (exact) mass is 392 g/mol. The van der Waals surface area contributed by atoms with E-state index < -0.39 is 0 Å². The second kappa shape index (κ2) is 7.21. The molecule has 2 heterocycles. The Bertz CT molecular complexity index is 1250. The van der Waals surface area contributed by atoms with Crippen LogP contribution in [-0.4, -0.2) is 9.13 Å². The van der Waals surface area contributed by atoms with Gasteiger partial charge in [-0.05, 0) is 40.3 Å². The highest BCUT2D eigenvalue weighted by Crippen LogP contribution is 2.40. The largest absolute Gasteiger partial charge is 0.350 e. The third kappa shape index (κ3) is 2.95. The molecule has 0 aliphatic carbocycles. The topological polar surface area (TPSA) is 9.86 Å². The molecule has 0 unspecified atom stereocenters. The van der Waals surface area contributed by atoms with E-state index in [-0.39, 0.29) is 5.92 Å².